The number of carboxylic acids is 1. The van der Waals surface area contributed by atoms with Crippen LogP contribution in [0.15, 0.2) is 36.5 Å². The van der Waals surface area contributed by atoms with Gasteiger partial charge >= 0.3 is 5.97 Å². The predicted molar refractivity (Wildman–Crippen MR) is 73.2 cm³/mol. The van der Waals surface area contributed by atoms with E-state index < -0.39 is 5.97 Å². The number of benzene rings is 1. The van der Waals surface area contributed by atoms with Crippen LogP contribution in [0.1, 0.15) is 21.6 Å². The van der Waals surface area contributed by atoms with Gasteiger partial charge in [0.05, 0.1) is 12.7 Å². The van der Waals surface area contributed by atoms with Crippen LogP contribution in [0.25, 0.3) is 0 Å². The van der Waals surface area contributed by atoms with E-state index in [2.05, 4.69) is 4.98 Å². The van der Waals surface area contributed by atoms with Crippen LogP contribution in [0.4, 0.5) is 0 Å². The van der Waals surface area contributed by atoms with Crippen LogP contribution in [-0.2, 0) is 6.61 Å². The van der Waals surface area contributed by atoms with E-state index >= 15 is 0 Å². The van der Waals surface area contributed by atoms with E-state index in [0.717, 1.165) is 5.56 Å². The highest BCUT2D eigenvalue weighted by Crippen LogP contribution is 2.28. The number of aromatic carboxylic acids is 1. The van der Waals surface area contributed by atoms with Gasteiger partial charge in [-0.15, -0.1) is 0 Å². The number of hydrogen-bond acceptors (Lipinski definition) is 5. The lowest BCUT2D eigenvalue weighted by molar-refractivity contribution is 0.0696. The van der Waals surface area contributed by atoms with Crippen molar-refractivity contribution >= 4 is 5.97 Å². The van der Waals surface area contributed by atoms with Crippen molar-refractivity contribution in [1.29, 1.82) is 5.26 Å². The monoisotopic (exact) mass is 284 g/mol. The number of methoxy groups -OCH3 is 1. The second kappa shape index (κ2) is 6.39. The van der Waals surface area contributed by atoms with Crippen molar-refractivity contribution in [3.8, 4) is 17.6 Å². The average Bonchev–Trinajstić information content (AvgIpc) is 2.52. The summed E-state index contributed by atoms with van der Waals surface area (Å²) >= 11 is 0. The van der Waals surface area contributed by atoms with E-state index in [1.54, 1.807) is 12.1 Å². The van der Waals surface area contributed by atoms with Gasteiger partial charge in [-0.05, 0) is 35.9 Å². The predicted octanol–water partition coefficient (Wildman–Crippen LogP) is 2.24. The summed E-state index contributed by atoms with van der Waals surface area (Å²) in [5.74, 6) is -0.269. The summed E-state index contributed by atoms with van der Waals surface area (Å²) in [7, 11) is 1.44. The first-order chi connectivity index (χ1) is 10.1. The summed E-state index contributed by atoms with van der Waals surface area (Å²) in [6, 6.07) is 9.68. The fourth-order valence-corrected chi connectivity index (χ4v) is 1.71. The topological polar surface area (TPSA) is 92.4 Å². The molecule has 0 unspecified atom stereocenters. The zero-order chi connectivity index (χ0) is 15.2. The number of carboxylic acid groups (broad SMARTS) is 1. The molecular weight excluding hydrogens is 272 g/mol. The molecule has 0 aliphatic carbocycles. The van der Waals surface area contributed by atoms with Crippen molar-refractivity contribution < 1.29 is 19.4 Å². The molecular formula is C15H12N2O4. The van der Waals surface area contributed by atoms with Crippen molar-refractivity contribution in [2.24, 2.45) is 0 Å². The molecule has 1 aromatic carbocycles. The largest absolute Gasteiger partial charge is 0.493 e. The number of pyridine rings is 1. The van der Waals surface area contributed by atoms with Crippen LogP contribution in [0.3, 0.4) is 0 Å². The summed E-state index contributed by atoms with van der Waals surface area (Å²) in [6.07, 6.45) is 1.53. The summed E-state index contributed by atoms with van der Waals surface area (Å²) in [4.78, 5) is 14.8. The van der Waals surface area contributed by atoms with Gasteiger partial charge in [0.1, 0.15) is 18.4 Å². The van der Waals surface area contributed by atoms with Crippen LogP contribution in [0.2, 0.25) is 0 Å². The number of ether oxygens (including phenoxy) is 2. The Morgan fingerprint density at radius 2 is 2.14 bits per heavy atom. The first-order valence-electron chi connectivity index (χ1n) is 6.03. The lowest BCUT2D eigenvalue weighted by Crippen LogP contribution is -2.01. The van der Waals surface area contributed by atoms with Gasteiger partial charge in [0.2, 0.25) is 0 Å². The maximum Gasteiger partial charge on any atom is 0.335 e. The Balaban J connectivity index is 2.16. The Morgan fingerprint density at radius 3 is 2.81 bits per heavy atom. The Morgan fingerprint density at radius 1 is 1.33 bits per heavy atom. The van der Waals surface area contributed by atoms with Gasteiger partial charge in [-0.1, -0.05) is 0 Å². The molecule has 21 heavy (non-hydrogen) atoms. The Hall–Kier alpha value is -3.07. The minimum absolute atomic E-state index is 0.120. The quantitative estimate of drug-likeness (QED) is 0.905. The third kappa shape index (κ3) is 3.48. The molecule has 0 bridgehead atoms. The van der Waals surface area contributed by atoms with Gasteiger partial charge < -0.3 is 14.6 Å². The van der Waals surface area contributed by atoms with E-state index in [-0.39, 0.29) is 12.2 Å². The van der Waals surface area contributed by atoms with Gasteiger partial charge in [0.25, 0.3) is 0 Å². The van der Waals surface area contributed by atoms with Crippen LogP contribution in [0, 0.1) is 11.3 Å². The van der Waals surface area contributed by atoms with Crippen LogP contribution in [0.5, 0.6) is 11.5 Å². The Kier molecular flexibility index (Phi) is 4.36. The molecule has 6 heteroatoms. The van der Waals surface area contributed by atoms with E-state index in [4.69, 9.17) is 19.8 Å². The fourth-order valence-electron chi connectivity index (χ4n) is 1.71. The molecule has 1 heterocycles. The average molecular weight is 284 g/mol. The molecule has 0 amide bonds. The second-order valence-corrected chi connectivity index (χ2v) is 4.12. The number of hydrogen-bond donors (Lipinski definition) is 1. The van der Waals surface area contributed by atoms with Crippen molar-refractivity contribution in [2.75, 3.05) is 7.11 Å². The van der Waals surface area contributed by atoms with Crippen molar-refractivity contribution in [2.45, 2.75) is 6.61 Å². The van der Waals surface area contributed by atoms with Crippen LogP contribution in [-0.4, -0.2) is 23.2 Å². The van der Waals surface area contributed by atoms with Gasteiger partial charge in [-0.25, -0.2) is 9.78 Å². The molecule has 0 aliphatic heterocycles. The fraction of sp³-hybridized carbons (Fsp3) is 0.133. The summed E-state index contributed by atoms with van der Waals surface area (Å²) < 4.78 is 10.7. The van der Waals surface area contributed by atoms with Gasteiger partial charge in [-0.2, -0.15) is 5.26 Å². The molecule has 1 N–H and O–H groups in total. The number of carbonyl (C=O) groups is 1. The molecule has 0 spiro atoms. The molecule has 0 saturated heterocycles. The Labute approximate surface area is 121 Å². The van der Waals surface area contributed by atoms with E-state index in [1.807, 2.05) is 6.07 Å². The normalized spacial score (nSPS) is 9.71. The molecule has 0 aliphatic rings. The zero-order valence-electron chi connectivity index (χ0n) is 11.2. The number of aromatic nitrogens is 1. The van der Waals surface area contributed by atoms with Crippen LogP contribution >= 0.6 is 0 Å². The summed E-state index contributed by atoms with van der Waals surface area (Å²) in [6.45, 7) is 0.222. The van der Waals surface area contributed by atoms with Crippen molar-refractivity contribution in [3.05, 3.63) is 53.3 Å². The third-order valence-corrected chi connectivity index (χ3v) is 2.74. The Bertz CT molecular complexity index is 707. The number of nitriles is 1. The minimum Gasteiger partial charge on any atom is -0.493 e. The molecule has 2 aromatic rings. The highest BCUT2D eigenvalue weighted by Gasteiger charge is 2.10. The van der Waals surface area contributed by atoms with Gasteiger partial charge in [0, 0.05) is 6.20 Å². The van der Waals surface area contributed by atoms with Crippen molar-refractivity contribution in [1.82, 2.24) is 4.98 Å². The maximum atomic E-state index is 10.9. The number of rotatable bonds is 5. The molecule has 2 rings (SSSR count). The summed E-state index contributed by atoms with van der Waals surface area (Å²) in [5.41, 5.74) is 1.21. The minimum atomic E-state index is -1.03. The SMILES string of the molecule is COc1cc(C(=O)O)ccc1OCc1ccnc(C#N)c1. The molecule has 106 valence electrons. The molecule has 0 fully saturated rings. The maximum absolute atomic E-state index is 10.9. The molecule has 0 radical (unpaired) electrons. The molecule has 0 saturated carbocycles. The zero-order valence-corrected chi connectivity index (χ0v) is 11.2. The number of nitrogens with zero attached hydrogens (tertiary/aromatic N) is 2. The van der Waals surface area contributed by atoms with Crippen LogP contribution < -0.4 is 9.47 Å². The molecule has 6 nitrogen and oxygen atoms in total. The standard InChI is InChI=1S/C15H12N2O4/c1-20-14-7-11(15(18)19)2-3-13(14)21-9-10-4-5-17-12(6-10)8-16/h2-7H,9H2,1H3,(H,18,19). The first kappa shape index (κ1) is 14.3. The van der Waals surface area contributed by atoms with E-state index in [9.17, 15) is 4.79 Å². The van der Waals surface area contributed by atoms with Gasteiger partial charge in [-0.3, -0.25) is 0 Å². The smallest absolute Gasteiger partial charge is 0.335 e. The summed E-state index contributed by atoms with van der Waals surface area (Å²) in [5, 5.41) is 17.7. The third-order valence-electron chi connectivity index (χ3n) is 2.74. The second-order valence-electron chi connectivity index (χ2n) is 4.12. The van der Waals surface area contributed by atoms with Crippen molar-refractivity contribution in [3.63, 3.8) is 0 Å². The van der Waals surface area contributed by atoms with E-state index in [0.29, 0.717) is 17.2 Å². The highest BCUT2D eigenvalue weighted by molar-refractivity contribution is 5.88. The highest BCUT2D eigenvalue weighted by atomic mass is 16.5. The lowest BCUT2D eigenvalue weighted by atomic mass is 10.2. The first-order valence-corrected chi connectivity index (χ1v) is 6.03. The molecule has 1 aromatic heterocycles. The molecule has 0 atom stereocenters. The van der Waals surface area contributed by atoms with Gasteiger partial charge in [0.15, 0.2) is 11.5 Å². The lowest BCUT2D eigenvalue weighted by Gasteiger charge is -2.11. The van der Waals surface area contributed by atoms with E-state index in [1.165, 1.54) is 31.5 Å².